The Bertz CT molecular complexity index is 287. The van der Waals surface area contributed by atoms with Crippen LogP contribution in [0.5, 0.6) is 5.88 Å². The summed E-state index contributed by atoms with van der Waals surface area (Å²) in [6, 6.07) is 0. The summed E-state index contributed by atoms with van der Waals surface area (Å²) in [7, 11) is 0. The molecule has 1 heterocycles. The molecule has 1 aromatic heterocycles. The van der Waals surface area contributed by atoms with E-state index in [-0.39, 0.29) is 11.6 Å². The molecule has 2 N–H and O–H groups in total. The molecule has 0 aliphatic heterocycles. The fourth-order valence-electron chi connectivity index (χ4n) is 1.12. The minimum Gasteiger partial charge on any atom is -0.493 e. The van der Waals surface area contributed by atoms with E-state index in [0.717, 1.165) is 19.3 Å². The van der Waals surface area contributed by atoms with Crippen LogP contribution in [0.4, 0.5) is 0 Å². The summed E-state index contributed by atoms with van der Waals surface area (Å²) in [4.78, 5) is 13.4. The monoisotopic (exact) mass is 170 g/mol. The molecule has 1 aromatic rings. The minimum atomic E-state index is -0.233. The standard InChI is InChI=1S/C8H14N2O2/c1-2-3-4-5-10-7(11)6-9-8(10)12/h6,11H,2-5H2,1H3,(H,9,12). The van der Waals surface area contributed by atoms with Crippen molar-refractivity contribution in [3.05, 3.63) is 16.7 Å². The second kappa shape index (κ2) is 3.99. The van der Waals surface area contributed by atoms with Crippen molar-refractivity contribution in [2.24, 2.45) is 0 Å². The lowest BCUT2D eigenvalue weighted by atomic mass is 10.2. The van der Waals surface area contributed by atoms with Crippen LogP contribution in [0.2, 0.25) is 0 Å². The van der Waals surface area contributed by atoms with Crippen molar-refractivity contribution in [1.29, 1.82) is 0 Å². The number of aromatic nitrogens is 2. The van der Waals surface area contributed by atoms with E-state index in [1.807, 2.05) is 0 Å². The average Bonchev–Trinajstić information content (AvgIpc) is 2.35. The van der Waals surface area contributed by atoms with Crippen molar-refractivity contribution < 1.29 is 5.11 Å². The minimum absolute atomic E-state index is 0.0242. The van der Waals surface area contributed by atoms with Crippen LogP contribution in [0.3, 0.4) is 0 Å². The molecule has 0 amide bonds. The van der Waals surface area contributed by atoms with Gasteiger partial charge in [0.15, 0.2) is 0 Å². The third kappa shape index (κ3) is 1.90. The van der Waals surface area contributed by atoms with Crippen LogP contribution in [-0.2, 0) is 6.54 Å². The zero-order valence-corrected chi connectivity index (χ0v) is 7.21. The van der Waals surface area contributed by atoms with Gasteiger partial charge in [0.2, 0.25) is 5.88 Å². The number of aromatic hydroxyl groups is 1. The van der Waals surface area contributed by atoms with Gasteiger partial charge in [0.05, 0.1) is 6.20 Å². The van der Waals surface area contributed by atoms with Gasteiger partial charge in [-0.1, -0.05) is 19.8 Å². The Morgan fingerprint density at radius 2 is 2.33 bits per heavy atom. The number of H-pyrrole nitrogens is 1. The zero-order valence-electron chi connectivity index (χ0n) is 7.21. The van der Waals surface area contributed by atoms with Crippen LogP contribution >= 0.6 is 0 Å². The maximum Gasteiger partial charge on any atom is 0.328 e. The van der Waals surface area contributed by atoms with E-state index < -0.39 is 0 Å². The highest BCUT2D eigenvalue weighted by Crippen LogP contribution is 2.05. The summed E-state index contributed by atoms with van der Waals surface area (Å²) in [6.07, 6.45) is 4.44. The predicted octanol–water partition coefficient (Wildman–Crippen LogP) is 1.07. The molecule has 0 aliphatic carbocycles. The van der Waals surface area contributed by atoms with Gasteiger partial charge in [0.1, 0.15) is 0 Å². The highest BCUT2D eigenvalue weighted by atomic mass is 16.3. The van der Waals surface area contributed by atoms with Gasteiger partial charge in [-0.25, -0.2) is 4.79 Å². The molecule has 0 saturated heterocycles. The Balaban J connectivity index is 2.56. The average molecular weight is 170 g/mol. The maximum atomic E-state index is 11.0. The molecule has 0 spiro atoms. The molecule has 0 radical (unpaired) electrons. The summed E-state index contributed by atoms with van der Waals surface area (Å²) < 4.78 is 1.34. The molecule has 0 aliphatic rings. The number of hydrogen-bond acceptors (Lipinski definition) is 2. The summed E-state index contributed by atoms with van der Waals surface area (Å²) in [5.74, 6) is 0.0242. The molecule has 4 heteroatoms. The van der Waals surface area contributed by atoms with Crippen molar-refractivity contribution in [3.8, 4) is 5.88 Å². The molecule has 0 aromatic carbocycles. The number of imidazole rings is 1. The van der Waals surface area contributed by atoms with Gasteiger partial charge in [-0.15, -0.1) is 0 Å². The normalized spacial score (nSPS) is 10.4. The quantitative estimate of drug-likeness (QED) is 0.664. The van der Waals surface area contributed by atoms with E-state index in [2.05, 4.69) is 11.9 Å². The van der Waals surface area contributed by atoms with Crippen LogP contribution in [0, 0.1) is 0 Å². The molecule has 0 fully saturated rings. The Kier molecular flexibility index (Phi) is 2.96. The van der Waals surface area contributed by atoms with E-state index in [9.17, 15) is 4.79 Å². The fourth-order valence-corrected chi connectivity index (χ4v) is 1.12. The third-order valence-electron chi connectivity index (χ3n) is 1.83. The first-order valence-electron chi connectivity index (χ1n) is 4.23. The van der Waals surface area contributed by atoms with Gasteiger partial charge >= 0.3 is 5.69 Å². The first kappa shape index (κ1) is 8.90. The molecule has 12 heavy (non-hydrogen) atoms. The second-order valence-electron chi connectivity index (χ2n) is 2.81. The number of unbranched alkanes of at least 4 members (excludes halogenated alkanes) is 2. The van der Waals surface area contributed by atoms with Crippen LogP contribution in [0.25, 0.3) is 0 Å². The molecule has 0 saturated carbocycles. The van der Waals surface area contributed by atoms with Crippen LogP contribution in [-0.4, -0.2) is 14.7 Å². The fraction of sp³-hybridized carbons (Fsp3) is 0.625. The Morgan fingerprint density at radius 3 is 2.83 bits per heavy atom. The van der Waals surface area contributed by atoms with E-state index in [1.165, 1.54) is 10.8 Å². The van der Waals surface area contributed by atoms with Gasteiger partial charge in [-0.05, 0) is 6.42 Å². The first-order valence-corrected chi connectivity index (χ1v) is 4.23. The summed E-state index contributed by atoms with van der Waals surface area (Å²) in [5, 5.41) is 9.16. The van der Waals surface area contributed by atoms with Gasteiger partial charge in [-0.3, -0.25) is 4.57 Å². The highest BCUT2D eigenvalue weighted by Gasteiger charge is 2.01. The van der Waals surface area contributed by atoms with Crippen LogP contribution in [0.15, 0.2) is 11.0 Å². The van der Waals surface area contributed by atoms with Crippen molar-refractivity contribution in [2.75, 3.05) is 0 Å². The number of nitrogens with zero attached hydrogens (tertiary/aromatic N) is 1. The number of hydrogen-bond donors (Lipinski definition) is 2. The molecule has 68 valence electrons. The van der Waals surface area contributed by atoms with E-state index in [1.54, 1.807) is 0 Å². The highest BCUT2D eigenvalue weighted by molar-refractivity contribution is 5.02. The molecular formula is C8H14N2O2. The largest absolute Gasteiger partial charge is 0.493 e. The topological polar surface area (TPSA) is 58.0 Å². The van der Waals surface area contributed by atoms with Gasteiger partial charge in [0, 0.05) is 6.54 Å². The lowest BCUT2D eigenvalue weighted by molar-refractivity contribution is 0.407. The van der Waals surface area contributed by atoms with Crippen molar-refractivity contribution >= 4 is 0 Å². The Labute approximate surface area is 70.9 Å². The van der Waals surface area contributed by atoms with Gasteiger partial charge < -0.3 is 10.1 Å². The number of rotatable bonds is 4. The van der Waals surface area contributed by atoms with Crippen LogP contribution < -0.4 is 5.69 Å². The predicted molar refractivity (Wildman–Crippen MR) is 46.2 cm³/mol. The summed E-state index contributed by atoms with van der Waals surface area (Å²) >= 11 is 0. The Hall–Kier alpha value is -1.19. The van der Waals surface area contributed by atoms with Crippen molar-refractivity contribution in [3.63, 3.8) is 0 Å². The second-order valence-corrected chi connectivity index (χ2v) is 2.81. The lowest BCUT2D eigenvalue weighted by Gasteiger charge is -2.00. The zero-order chi connectivity index (χ0) is 8.97. The van der Waals surface area contributed by atoms with Crippen molar-refractivity contribution in [1.82, 2.24) is 9.55 Å². The summed E-state index contributed by atoms with van der Waals surface area (Å²) in [5.41, 5.74) is -0.233. The Morgan fingerprint density at radius 1 is 1.58 bits per heavy atom. The maximum absolute atomic E-state index is 11.0. The van der Waals surface area contributed by atoms with E-state index >= 15 is 0 Å². The van der Waals surface area contributed by atoms with E-state index in [0.29, 0.717) is 6.54 Å². The first-order chi connectivity index (χ1) is 5.75. The number of aromatic amines is 1. The molecule has 0 atom stereocenters. The smallest absolute Gasteiger partial charge is 0.328 e. The molecule has 1 rings (SSSR count). The van der Waals surface area contributed by atoms with E-state index in [4.69, 9.17) is 5.11 Å². The molecule has 0 unspecified atom stereocenters. The third-order valence-corrected chi connectivity index (χ3v) is 1.83. The molecule has 4 nitrogen and oxygen atoms in total. The van der Waals surface area contributed by atoms with Gasteiger partial charge in [-0.2, -0.15) is 0 Å². The number of nitrogens with one attached hydrogen (secondary N) is 1. The summed E-state index contributed by atoms with van der Waals surface area (Å²) in [6.45, 7) is 2.70. The SMILES string of the molecule is CCCCCn1c(O)c[nH]c1=O. The van der Waals surface area contributed by atoms with Gasteiger partial charge in [0.25, 0.3) is 0 Å². The van der Waals surface area contributed by atoms with Crippen LogP contribution in [0.1, 0.15) is 26.2 Å². The molecule has 0 bridgehead atoms. The lowest BCUT2D eigenvalue weighted by Crippen LogP contribution is -2.16. The molecular weight excluding hydrogens is 156 g/mol. The van der Waals surface area contributed by atoms with Crippen molar-refractivity contribution in [2.45, 2.75) is 32.7 Å².